The lowest BCUT2D eigenvalue weighted by molar-refractivity contribution is 0.197. The molecule has 1 rings (SSSR count). The summed E-state index contributed by atoms with van der Waals surface area (Å²) >= 11 is 0. The zero-order valence-corrected chi connectivity index (χ0v) is 7.75. The number of nitrogens with two attached hydrogens (primary N) is 1. The van der Waals surface area contributed by atoms with Crippen molar-refractivity contribution in [3.8, 4) is 0 Å². The van der Waals surface area contributed by atoms with Crippen LogP contribution in [-0.4, -0.2) is 15.0 Å². The van der Waals surface area contributed by atoms with E-state index in [1.165, 1.54) is 12.1 Å². The minimum Gasteiger partial charge on any atom is -0.236 e. The molecule has 71 valence electrons. The van der Waals surface area contributed by atoms with Gasteiger partial charge in [-0.15, -0.1) is 0 Å². The van der Waals surface area contributed by atoms with E-state index in [0.29, 0.717) is 6.42 Å². The first-order valence-electron chi connectivity index (χ1n) is 3.74. The van der Waals surface area contributed by atoms with Gasteiger partial charge >= 0.3 is 0 Å². The molecule has 0 aliphatic carbocycles. The summed E-state index contributed by atoms with van der Waals surface area (Å²) in [6, 6.07) is 6.00. The van der Waals surface area contributed by atoms with E-state index < -0.39 is 10.0 Å². The van der Waals surface area contributed by atoms with Gasteiger partial charge in [0.2, 0.25) is 10.0 Å². The Bertz CT molecular complexity index is 369. The number of sulfonamides is 1. The summed E-state index contributed by atoms with van der Waals surface area (Å²) in [4.78, 5) is 0.0714. The van der Waals surface area contributed by atoms with Gasteiger partial charge in [0.1, 0.15) is 0 Å². The van der Waals surface area contributed by atoms with Gasteiger partial charge in [-0.25, -0.2) is 18.7 Å². The van der Waals surface area contributed by atoms with Gasteiger partial charge in [0.15, 0.2) is 0 Å². The number of hydrogen-bond acceptors (Lipinski definition) is 2. The third-order valence-corrected chi connectivity index (χ3v) is 2.57. The first kappa shape index (κ1) is 10.2. The highest BCUT2D eigenvalue weighted by Crippen LogP contribution is 2.08. The van der Waals surface area contributed by atoms with Crippen molar-refractivity contribution in [3.05, 3.63) is 29.8 Å². The van der Waals surface area contributed by atoms with Crippen LogP contribution in [-0.2, 0) is 21.6 Å². The van der Waals surface area contributed by atoms with Crippen LogP contribution in [0.5, 0.6) is 0 Å². The first-order valence-corrected chi connectivity index (χ1v) is 5.28. The molecule has 13 heavy (non-hydrogen) atoms. The van der Waals surface area contributed by atoms with E-state index in [1.807, 2.05) is 0 Å². The maximum absolute atomic E-state index is 10.8. The third-order valence-electron chi connectivity index (χ3n) is 1.64. The van der Waals surface area contributed by atoms with E-state index in [4.69, 9.17) is 5.14 Å². The van der Waals surface area contributed by atoms with Crippen molar-refractivity contribution in [1.29, 1.82) is 0 Å². The molecule has 2 N–H and O–H groups in total. The quantitative estimate of drug-likeness (QED) is 0.761. The van der Waals surface area contributed by atoms with Crippen LogP contribution in [0.25, 0.3) is 0 Å². The molecule has 4 nitrogen and oxygen atoms in total. The molecule has 1 aromatic carbocycles. The second-order valence-electron chi connectivity index (χ2n) is 2.64. The Morgan fingerprint density at radius 3 is 2.08 bits per heavy atom. The molecule has 0 heterocycles. The summed E-state index contributed by atoms with van der Waals surface area (Å²) in [6.07, 6.45) is 0.408. The smallest absolute Gasteiger partial charge is 0.236 e. The van der Waals surface area contributed by atoms with Crippen molar-refractivity contribution in [1.82, 2.24) is 0 Å². The lowest BCUT2D eigenvalue weighted by Gasteiger charge is -1.99. The number of benzene rings is 1. The summed E-state index contributed by atoms with van der Waals surface area (Å²) in [6.45, 7) is -0.200. The standard InChI is InChI=1S/C8H10NO3S/c9-13(11,12)8-3-1-7(2-4-8)5-6-10/h1-4H,5-6H2,(H2,9,11,12). The Morgan fingerprint density at radius 1 is 1.15 bits per heavy atom. The molecule has 0 bridgehead atoms. The fourth-order valence-corrected chi connectivity index (χ4v) is 1.48. The van der Waals surface area contributed by atoms with E-state index in [0.717, 1.165) is 5.56 Å². The zero-order valence-electron chi connectivity index (χ0n) is 6.93. The highest BCUT2D eigenvalue weighted by atomic mass is 32.2. The van der Waals surface area contributed by atoms with Gasteiger partial charge in [-0.1, -0.05) is 12.1 Å². The van der Waals surface area contributed by atoms with Crippen LogP contribution < -0.4 is 5.14 Å². The normalized spacial score (nSPS) is 11.5. The highest BCUT2D eigenvalue weighted by molar-refractivity contribution is 7.89. The Hall–Kier alpha value is -0.910. The van der Waals surface area contributed by atoms with E-state index in [9.17, 15) is 13.5 Å². The van der Waals surface area contributed by atoms with Gasteiger partial charge in [0.25, 0.3) is 0 Å². The molecule has 0 aliphatic rings. The molecular weight excluding hydrogens is 190 g/mol. The average Bonchev–Trinajstić information content (AvgIpc) is 2.04. The summed E-state index contributed by atoms with van der Waals surface area (Å²) in [5, 5.41) is 15.1. The molecule has 0 saturated heterocycles. The average molecular weight is 200 g/mol. The summed E-state index contributed by atoms with van der Waals surface area (Å²) in [5.41, 5.74) is 0.822. The molecule has 5 heteroatoms. The predicted molar refractivity (Wildman–Crippen MR) is 47.1 cm³/mol. The molecule has 1 aromatic rings. The second kappa shape index (κ2) is 3.87. The molecule has 0 saturated carbocycles. The van der Waals surface area contributed by atoms with E-state index in [-0.39, 0.29) is 11.5 Å². The van der Waals surface area contributed by atoms with Crippen LogP contribution in [0.2, 0.25) is 0 Å². The third kappa shape index (κ3) is 2.80. The van der Waals surface area contributed by atoms with Gasteiger partial charge in [-0.05, 0) is 24.1 Å². The van der Waals surface area contributed by atoms with Crippen molar-refractivity contribution in [3.63, 3.8) is 0 Å². The fraction of sp³-hybridized carbons (Fsp3) is 0.250. The van der Waals surface area contributed by atoms with Crippen LogP contribution in [0, 0.1) is 0 Å². The van der Waals surface area contributed by atoms with Crippen molar-refractivity contribution in [2.75, 3.05) is 6.61 Å². The molecule has 0 aliphatic heterocycles. The van der Waals surface area contributed by atoms with Crippen molar-refractivity contribution in [2.24, 2.45) is 5.14 Å². The van der Waals surface area contributed by atoms with Gasteiger partial charge < -0.3 is 0 Å². The maximum atomic E-state index is 10.8. The molecular formula is C8H10NO3S. The topological polar surface area (TPSA) is 80.1 Å². The SMILES string of the molecule is NS(=O)(=O)c1ccc(CC[O])cc1. The number of primary sulfonamides is 1. The molecule has 0 spiro atoms. The molecule has 1 radical (unpaired) electrons. The van der Waals surface area contributed by atoms with Gasteiger partial charge in [-0.3, -0.25) is 0 Å². The van der Waals surface area contributed by atoms with Crippen LogP contribution in [0.15, 0.2) is 29.2 Å². The molecule has 0 aromatic heterocycles. The molecule has 0 amide bonds. The molecule has 0 fully saturated rings. The Balaban J connectivity index is 2.94. The Labute approximate surface area is 77.1 Å². The summed E-state index contributed by atoms with van der Waals surface area (Å²) in [5.74, 6) is 0. The Kier molecular flexibility index (Phi) is 3.02. The van der Waals surface area contributed by atoms with Gasteiger partial charge in [0, 0.05) is 0 Å². The lowest BCUT2D eigenvalue weighted by atomic mass is 10.2. The minimum absolute atomic E-state index is 0.0714. The van der Waals surface area contributed by atoms with E-state index in [2.05, 4.69) is 0 Å². The predicted octanol–water partition coefficient (Wildman–Crippen LogP) is 0.307. The van der Waals surface area contributed by atoms with Gasteiger partial charge in [-0.2, -0.15) is 0 Å². The van der Waals surface area contributed by atoms with Crippen LogP contribution in [0.3, 0.4) is 0 Å². The largest absolute Gasteiger partial charge is 0.238 e. The second-order valence-corrected chi connectivity index (χ2v) is 4.20. The fourth-order valence-electron chi connectivity index (χ4n) is 0.964. The van der Waals surface area contributed by atoms with Crippen LogP contribution in [0.4, 0.5) is 0 Å². The minimum atomic E-state index is -3.61. The number of rotatable bonds is 3. The number of hydrogen-bond donors (Lipinski definition) is 1. The van der Waals surface area contributed by atoms with Crippen LogP contribution in [0.1, 0.15) is 5.56 Å². The zero-order chi connectivity index (χ0) is 9.90. The molecule has 0 unspecified atom stereocenters. The molecule has 0 atom stereocenters. The highest BCUT2D eigenvalue weighted by Gasteiger charge is 2.05. The van der Waals surface area contributed by atoms with Crippen LogP contribution >= 0.6 is 0 Å². The van der Waals surface area contributed by atoms with Crippen molar-refractivity contribution in [2.45, 2.75) is 11.3 Å². The van der Waals surface area contributed by atoms with Gasteiger partial charge in [0.05, 0.1) is 11.5 Å². The van der Waals surface area contributed by atoms with Crippen molar-refractivity contribution < 1.29 is 13.5 Å². The first-order chi connectivity index (χ1) is 6.04. The van der Waals surface area contributed by atoms with Crippen molar-refractivity contribution >= 4 is 10.0 Å². The monoisotopic (exact) mass is 200 g/mol. The lowest BCUT2D eigenvalue weighted by Crippen LogP contribution is -2.11. The Morgan fingerprint density at radius 2 is 1.69 bits per heavy atom. The maximum Gasteiger partial charge on any atom is 0.238 e. The van der Waals surface area contributed by atoms with E-state index >= 15 is 0 Å². The summed E-state index contributed by atoms with van der Waals surface area (Å²) in [7, 11) is -3.61. The van der Waals surface area contributed by atoms with E-state index in [1.54, 1.807) is 12.1 Å². The summed E-state index contributed by atoms with van der Waals surface area (Å²) < 4.78 is 21.6.